The summed E-state index contributed by atoms with van der Waals surface area (Å²) in [5.41, 5.74) is 8.44. The van der Waals surface area contributed by atoms with Crippen LogP contribution in [0.2, 0.25) is 0 Å². The van der Waals surface area contributed by atoms with Crippen molar-refractivity contribution in [2.45, 2.75) is 6.42 Å². The van der Waals surface area contributed by atoms with Crippen LogP contribution < -0.4 is 11.1 Å². The van der Waals surface area contributed by atoms with Crippen molar-refractivity contribution >= 4 is 0 Å². The Morgan fingerprint density at radius 3 is 2.75 bits per heavy atom. The molecule has 2 nitrogen and oxygen atoms in total. The molecule has 0 unspecified atom stereocenters. The minimum Gasteiger partial charge on any atom is -0.359 e. The molecule has 0 aromatic heterocycles. The zero-order chi connectivity index (χ0) is 8.97. The van der Waals surface area contributed by atoms with Gasteiger partial charge in [0.2, 0.25) is 0 Å². The molecule has 1 fully saturated rings. The molecule has 3 N–H and O–H groups in total. The van der Waals surface area contributed by atoms with E-state index in [0.29, 0.717) is 6.54 Å². The zero-order valence-corrected chi connectivity index (χ0v) is 7.14. The fraction of sp³-hybridized carbons (Fsp3) is 0.200. The standard InChI is InChI=1S/C10H14N2/c1-8-7-9(2)12-10(8)5-3-4-6-11/h3-5,12H,1-2,6-7,11H2/b4-3+,10-5+. The van der Waals surface area contributed by atoms with Crippen molar-refractivity contribution < 1.29 is 0 Å². The van der Waals surface area contributed by atoms with Crippen LogP contribution in [0.1, 0.15) is 6.42 Å². The minimum atomic E-state index is 0.567. The molecule has 0 aliphatic carbocycles. The molecule has 1 aliphatic rings. The summed E-state index contributed by atoms with van der Waals surface area (Å²) in [6.07, 6.45) is 6.63. The van der Waals surface area contributed by atoms with Crippen molar-refractivity contribution in [3.63, 3.8) is 0 Å². The first-order valence-corrected chi connectivity index (χ1v) is 3.94. The quantitative estimate of drug-likeness (QED) is 0.645. The van der Waals surface area contributed by atoms with E-state index in [1.165, 1.54) is 0 Å². The van der Waals surface area contributed by atoms with Crippen LogP contribution >= 0.6 is 0 Å². The molecule has 1 heterocycles. The van der Waals surface area contributed by atoms with Crippen molar-refractivity contribution in [3.8, 4) is 0 Å². The summed E-state index contributed by atoms with van der Waals surface area (Å²) < 4.78 is 0. The van der Waals surface area contributed by atoms with Gasteiger partial charge in [-0.2, -0.15) is 0 Å². The first kappa shape index (κ1) is 8.81. The van der Waals surface area contributed by atoms with E-state index in [2.05, 4.69) is 18.5 Å². The highest BCUT2D eigenvalue weighted by Gasteiger charge is 2.12. The van der Waals surface area contributed by atoms with Crippen molar-refractivity contribution in [2.75, 3.05) is 6.54 Å². The van der Waals surface area contributed by atoms with Crippen LogP contribution in [0.4, 0.5) is 0 Å². The predicted molar refractivity (Wildman–Crippen MR) is 52.3 cm³/mol. The van der Waals surface area contributed by atoms with Crippen LogP contribution in [0.3, 0.4) is 0 Å². The Labute approximate surface area is 73.1 Å². The van der Waals surface area contributed by atoms with E-state index >= 15 is 0 Å². The number of hydrogen-bond donors (Lipinski definition) is 2. The molecule has 12 heavy (non-hydrogen) atoms. The minimum absolute atomic E-state index is 0.567. The monoisotopic (exact) mass is 162 g/mol. The Morgan fingerprint density at radius 1 is 1.50 bits per heavy atom. The van der Waals surface area contributed by atoms with Crippen molar-refractivity contribution in [3.05, 3.63) is 48.4 Å². The van der Waals surface area contributed by atoms with Crippen LogP contribution in [0.5, 0.6) is 0 Å². The summed E-state index contributed by atoms with van der Waals surface area (Å²) in [6.45, 7) is 8.30. The van der Waals surface area contributed by atoms with Crippen LogP contribution in [0.15, 0.2) is 48.4 Å². The molecule has 0 bridgehead atoms. The van der Waals surface area contributed by atoms with E-state index < -0.39 is 0 Å². The molecule has 0 aromatic rings. The maximum absolute atomic E-state index is 5.30. The van der Waals surface area contributed by atoms with Gasteiger partial charge in [-0.15, -0.1) is 0 Å². The summed E-state index contributed by atoms with van der Waals surface area (Å²) in [7, 11) is 0. The van der Waals surface area contributed by atoms with Gasteiger partial charge in [0.05, 0.1) is 0 Å². The summed E-state index contributed by atoms with van der Waals surface area (Å²) in [5.74, 6) is 0. The van der Waals surface area contributed by atoms with Crippen LogP contribution in [0, 0.1) is 0 Å². The Hall–Kier alpha value is -1.28. The normalized spacial score (nSPS) is 20.9. The van der Waals surface area contributed by atoms with Crippen molar-refractivity contribution in [1.82, 2.24) is 5.32 Å². The Kier molecular flexibility index (Phi) is 2.88. The van der Waals surface area contributed by atoms with Gasteiger partial charge in [0, 0.05) is 24.4 Å². The van der Waals surface area contributed by atoms with E-state index in [0.717, 1.165) is 23.4 Å². The van der Waals surface area contributed by atoms with Gasteiger partial charge in [0.1, 0.15) is 0 Å². The van der Waals surface area contributed by atoms with Crippen LogP contribution in [-0.4, -0.2) is 6.54 Å². The van der Waals surface area contributed by atoms with Crippen LogP contribution in [-0.2, 0) is 0 Å². The maximum atomic E-state index is 5.30. The van der Waals surface area contributed by atoms with E-state index in [9.17, 15) is 0 Å². The lowest BCUT2D eigenvalue weighted by atomic mass is 10.2. The fourth-order valence-corrected chi connectivity index (χ4v) is 1.08. The lowest BCUT2D eigenvalue weighted by molar-refractivity contribution is 1.07. The van der Waals surface area contributed by atoms with Crippen molar-refractivity contribution in [2.24, 2.45) is 5.73 Å². The maximum Gasteiger partial charge on any atom is 0.0412 e. The zero-order valence-electron chi connectivity index (χ0n) is 7.14. The number of hydrogen-bond acceptors (Lipinski definition) is 2. The van der Waals surface area contributed by atoms with Crippen LogP contribution in [0.25, 0.3) is 0 Å². The highest BCUT2D eigenvalue weighted by atomic mass is 14.9. The van der Waals surface area contributed by atoms with Gasteiger partial charge in [-0.25, -0.2) is 0 Å². The molecule has 0 amide bonds. The molecule has 0 atom stereocenters. The molecule has 0 saturated carbocycles. The molecule has 64 valence electrons. The topological polar surface area (TPSA) is 38.0 Å². The molecular weight excluding hydrogens is 148 g/mol. The fourth-order valence-electron chi connectivity index (χ4n) is 1.08. The molecule has 2 heteroatoms. The van der Waals surface area contributed by atoms with Crippen molar-refractivity contribution in [1.29, 1.82) is 0 Å². The van der Waals surface area contributed by atoms with Gasteiger partial charge in [-0.3, -0.25) is 0 Å². The predicted octanol–water partition coefficient (Wildman–Crippen LogP) is 1.45. The third kappa shape index (κ3) is 2.10. The van der Waals surface area contributed by atoms with Gasteiger partial charge in [-0.05, 0) is 11.6 Å². The third-order valence-electron chi connectivity index (χ3n) is 1.65. The second-order valence-electron chi connectivity index (χ2n) is 2.75. The average Bonchev–Trinajstić information content (AvgIpc) is 2.31. The molecular formula is C10H14N2. The summed E-state index contributed by atoms with van der Waals surface area (Å²) in [5, 5.41) is 3.14. The summed E-state index contributed by atoms with van der Waals surface area (Å²) >= 11 is 0. The lowest BCUT2D eigenvalue weighted by Crippen LogP contribution is -2.00. The molecule has 1 aliphatic heterocycles. The van der Waals surface area contributed by atoms with Gasteiger partial charge in [0.25, 0.3) is 0 Å². The van der Waals surface area contributed by atoms with E-state index in [1.54, 1.807) is 0 Å². The van der Waals surface area contributed by atoms with Gasteiger partial charge < -0.3 is 11.1 Å². The number of nitrogens with two attached hydrogens (primary N) is 1. The molecule has 0 spiro atoms. The van der Waals surface area contributed by atoms with Gasteiger partial charge in [-0.1, -0.05) is 25.3 Å². The summed E-state index contributed by atoms with van der Waals surface area (Å²) in [4.78, 5) is 0. The number of rotatable bonds is 2. The van der Waals surface area contributed by atoms with E-state index in [1.807, 2.05) is 18.2 Å². The average molecular weight is 162 g/mol. The lowest BCUT2D eigenvalue weighted by Gasteiger charge is -1.96. The third-order valence-corrected chi connectivity index (χ3v) is 1.65. The Balaban J connectivity index is 2.63. The Bertz CT molecular complexity index is 259. The molecule has 0 radical (unpaired) electrons. The molecule has 1 rings (SSSR count). The first-order valence-electron chi connectivity index (χ1n) is 3.94. The highest BCUT2D eigenvalue weighted by molar-refractivity contribution is 5.40. The largest absolute Gasteiger partial charge is 0.359 e. The number of nitrogens with one attached hydrogen (secondary N) is 1. The SMILES string of the molecule is C=C1CC(=C)/C(=C\C=C\CN)N1. The number of allylic oxidation sites excluding steroid dienone is 4. The highest BCUT2D eigenvalue weighted by Crippen LogP contribution is 2.21. The van der Waals surface area contributed by atoms with Gasteiger partial charge >= 0.3 is 0 Å². The summed E-state index contributed by atoms with van der Waals surface area (Å²) in [6, 6.07) is 0. The Morgan fingerprint density at radius 2 is 2.25 bits per heavy atom. The second kappa shape index (κ2) is 3.93. The molecule has 0 aromatic carbocycles. The van der Waals surface area contributed by atoms with Gasteiger partial charge in [0.15, 0.2) is 0 Å². The van der Waals surface area contributed by atoms with E-state index in [4.69, 9.17) is 5.73 Å². The van der Waals surface area contributed by atoms with E-state index in [-0.39, 0.29) is 0 Å². The molecule has 1 saturated heterocycles. The second-order valence-corrected chi connectivity index (χ2v) is 2.75. The first-order chi connectivity index (χ1) is 5.74. The smallest absolute Gasteiger partial charge is 0.0412 e.